The number of thiophene rings is 1. The van der Waals surface area contributed by atoms with E-state index in [4.69, 9.17) is 5.26 Å². The van der Waals surface area contributed by atoms with Crippen LogP contribution in [0.4, 0.5) is 0 Å². The number of carbonyl (C=O) groups is 2. The van der Waals surface area contributed by atoms with Gasteiger partial charge < -0.3 is 4.74 Å². The Morgan fingerprint density at radius 1 is 1.28 bits per heavy atom. The third-order valence-corrected chi connectivity index (χ3v) is 5.43. The Kier molecular flexibility index (Phi) is 5.69. The van der Waals surface area contributed by atoms with E-state index in [2.05, 4.69) is 4.74 Å². The van der Waals surface area contributed by atoms with Gasteiger partial charge in [-0.2, -0.15) is 5.26 Å². The second-order valence-corrected chi connectivity index (χ2v) is 7.17. The van der Waals surface area contributed by atoms with E-state index in [0.717, 1.165) is 24.5 Å². The third kappa shape index (κ3) is 4.32. The summed E-state index contributed by atoms with van der Waals surface area (Å²) in [7, 11) is -3.10. The molecule has 9 heteroatoms. The van der Waals surface area contributed by atoms with Crippen molar-refractivity contribution in [1.29, 1.82) is 5.26 Å². The van der Waals surface area contributed by atoms with E-state index < -0.39 is 21.9 Å². The Hall–Kier alpha value is -2.96. The van der Waals surface area contributed by atoms with E-state index in [9.17, 15) is 18.0 Å². The number of hydrogen-bond donors (Lipinski definition) is 1. The van der Waals surface area contributed by atoms with E-state index in [-0.39, 0.29) is 9.77 Å². The Bertz CT molecular complexity index is 984. The summed E-state index contributed by atoms with van der Waals surface area (Å²) in [5.74, 6) is -1.71. The van der Waals surface area contributed by atoms with Crippen molar-refractivity contribution in [3.8, 4) is 6.07 Å². The molecular formula is C16H12N2O5S2. The van der Waals surface area contributed by atoms with Crippen LogP contribution in [0.3, 0.4) is 0 Å². The first-order chi connectivity index (χ1) is 11.9. The molecule has 0 aliphatic heterocycles. The van der Waals surface area contributed by atoms with E-state index in [1.807, 2.05) is 10.8 Å². The number of esters is 1. The maximum atomic E-state index is 12.3. The monoisotopic (exact) mass is 376 g/mol. The number of rotatable bonds is 5. The smallest absolute Gasteiger partial charge is 0.349 e. The van der Waals surface area contributed by atoms with Crippen molar-refractivity contribution in [2.75, 3.05) is 7.11 Å². The van der Waals surface area contributed by atoms with Crippen molar-refractivity contribution in [2.45, 2.75) is 4.90 Å². The summed E-state index contributed by atoms with van der Waals surface area (Å²) in [5, 5.41) is 10.4. The molecule has 1 amide bonds. The topological polar surface area (TPSA) is 113 Å². The number of carbonyl (C=O) groups excluding carboxylic acids is 2. The molecule has 0 atom stereocenters. The first-order valence-corrected chi connectivity index (χ1v) is 9.15. The van der Waals surface area contributed by atoms with Gasteiger partial charge in [0.1, 0.15) is 9.77 Å². The Morgan fingerprint density at radius 2 is 2.00 bits per heavy atom. The summed E-state index contributed by atoms with van der Waals surface area (Å²) in [6.45, 7) is 0. The van der Waals surface area contributed by atoms with Crippen LogP contribution in [0, 0.1) is 11.3 Å². The third-order valence-electron chi connectivity index (χ3n) is 3.02. The maximum Gasteiger partial charge on any atom is 0.349 e. The average molecular weight is 376 g/mol. The molecule has 0 unspecified atom stereocenters. The molecule has 1 N–H and O–H groups in total. The molecule has 0 aliphatic carbocycles. The Morgan fingerprint density at radius 3 is 2.68 bits per heavy atom. The maximum absolute atomic E-state index is 12.3. The van der Waals surface area contributed by atoms with Crippen LogP contribution in [0.2, 0.25) is 0 Å². The molecule has 0 aliphatic rings. The summed E-state index contributed by atoms with van der Waals surface area (Å²) >= 11 is 0.892. The molecule has 0 spiro atoms. The second kappa shape index (κ2) is 7.74. The molecule has 0 saturated carbocycles. The highest BCUT2D eigenvalue weighted by Crippen LogP contribution is 2.22. The normalized spacial score (nSPS) is 11.0. The highest BCUT2D eigenvalue weighted by molar-refractivity contribution is 7.90. The van der Waals surface area contributed by atoms with E-state index in [1.165, 1.54) is 17.5 Å². The highest BCUT2D eigenvalue weighted by atomic mass is 32.2. The lowest BCUT2D eigenvalue weighted by Crippen LogP contribution is -2.29. The fourth-order valence-corrected chi connectivity index (χ4v) is 4.16. The second-order valence-electron chi connectivity index (χ2n) is 4.61. The molecule has 1 aromatic carbocycles. The summed E-state index contributed by atoms with van der Waals surface area (Å²) in [6, 6.07) is 9.72. The number of nitriles is 1. The number of methoxy groups -OCH3 is 1. The fraction of sp³-hybridized carbons (Fsp3) is 0.0625. The number of nitrogens with zero attached hydrogens (tertiary/aromatic N) is 1. The minimum atomic E-state index is -4.23. The molecule has 0 radical (unpaired) electrons. The number of hydrogen-bond acceptors (Lipinski definition) is 7. The van der Waals surface area contributed by atoms with Gasteiger partial charge in [-0.25, -0.2) is 17.9 Å². The lowest BCUT2D eigenvalue weighted by Gasteiger charge is -2.05. The first-order valence-electron chi connectivity index (χ1n) is 6.79. The van der Waals surface area contributed by atoms with Crippen LogP contribution >= 0.6 is 11.3 Å². The zero-order valence-corrected chi connectivity index (χ0v) is 14.6. The van der Waals surface area contributed by atoms with Crippen LogP contribution in [0.5, 0.6) is 0 Å². The predicted molar refractivity (Wildman–Crippen MR) is 91.2 cm³/mol. The van der Waals surface area contributed by atoms with Gasteiger partial charge in [0.15, 0.2) is 0 Å². The molecule has 2 rings (SSSR count). The van der Waals surface area contributed by atoms with Crippen LogP contribution in [0.25, 0.3) is 6.08 Å². The minimum Gasteiger partial charge on any atom is -0.465 e. The molecule has 25 heavy (non-hydrogen) atoms. The number of ether oxygens (including phenoxy) is 1. The van der Waals surface area contributed by atoms with Gasteiger partial charge in [-0.3, -0.25) is 4.79 Å². The van der Waals surface area contributed by atoms with Gasteiger partial charge in [-0.1, -0.05) is 18.2 Å². The highest BCUT2D eigenvalue weighted by Gasteiger charge is 2.25. The molecule has 0 saturated heterocycles. The summed E-state index contributed by atoms with van der Waals surface area (Å²) < 4.78 is 30.9. The van der Waals surface area contributed by atoms with Crippen molar-refractivity contribution in [1.82, 2.24) is 4.72 Å². The van der Waals surface area contributed by atoms with Crippen molar-refractivity contribution in [3.05, 3.63) is 57.8 Å². The molecule has 1 aromatic heterocycles. The Labute approximate surface area is 148 Å². The number of benzene rings is 1. The molecule has 7 nitrogen and oxygen atoms in total. The van der Waals surface area contributed by atoms with E-state index >= 15 is 0 Å². The summed E-state index contributed by atoms with van der Waals surface area (Å²) in [4.78, 5) is 23.0. The van der Waals surface area contributed by atoms with Crippen molar-refractivity contribution in [3.63, 3.8) is 0 Å². The fourth-order valence-electron chi connectivity index (χ4n) is 1.88. The number of nitrogens with one attached hydrogen (secondary N) is 1. The number of sulfonamides is 1. The van der Waals surface area contributed by atoms with Crippen LogP contribution in [0.15, 0.2) is 46.7 Å². The molecular weight excluding hydrogens is 364 g/mol. The van der Waals surface area contributed by atoms with Crippen molar-refractivity contribution in [2.24, 2.45) is 0 Å². The van der Waals surface area contributed by atoms with Gasteiger partial charge in [-0.15, -0.1) is 11.3 Å². The lowest BCUT2D eigenvalue weighted by atomic mass is 10.1. The zero-order valence-electron chi connectivity index (χ0n) is 12.9. The molecule has 0 bridgehead atoms. The quantitative estimate of drug-likeness (QED) is 0.630. The van der Waals surface area contributed by atoms with E-state index in [1.54, 1.807) is 24.3 Å². The van der Waals surface area contributed by atoms with Crippen LogP contribution in [0.1, 0.15) is 20.8 Å². The zero-order chi connectivity index (χ0) is 18.4. The SMILES string of the molecule is COC(=O)c1sccc1S(=O)(=O)NC(=O)/C=C/c1ccccc1C#N. The van der Waals surface area contributed by atoms with Crippen LogP contribution in [-0.2, 0) is 19.6 Å². The van der Waals surface area contributed by atoms with Gasteiger partial charge in [-0.05, 0) is 29.2 Å². The largest absolute Gasteiger partial charge is 0.465 e. The molecule has 1 heterocycles. The van der Waals surface area contributed by atoms with E-state index in [0.29, 0.717) is 11.1 Å². The van der Waals surface area contributed by atoms with Crippen molar-refractivity contribution < 1.29 is 22.7 Å². The van der Waals surface area contributed by atoms with Gasteiger partial charge in [0.25, 0.3) is 15.9 Å². The molecule has 128 valence electrons. The predicted octanol–water partition coefficient (Wildman–Crippen LogP) is 1.92. The van der Waals surface area contributed by atoms with Crippen LogP contribution < -0.4 is 4.72 Å². The number of amides is 1. The summed E-state index contributed by atoms with van der Waals surface area (Å²) in [5.41, 5.74) is 0.823. The Balaban J connectivity index is 2.20. The van der Waals surface area contributed by atoms with Crippen molar-refractivity contribution >= 4 is 39.3 Å². The van der Waals surface area contributed by atoms with Crippen LogP contribution in [-0.4, -0.2) is 27.4 Å². The van der Waals surface area contributed by atoms with Gasteiger partial charge in [0.2, 0.25) is 0 Å². The molecule has 0 fully saturated rings. The lowest BCUT2D eigenvalue weighted by molar-refractivity contribution is -0.114. The van der Waals surface area contributed by atoms with Gasteiger partial charge in [0, 0.05) is 6.08 Å². The first kappa shape index (κ1) is 18.4. The van der Waals surface area contributed by atoms with Gasteiger partial charge in [0.05, 0.1) is 18.7 Å². The minimum absolute atomic E-state index is 0.124. The molecule has 2 aromatic rings. The van der Waals surface area contributed by atoms with Gasteiger partial charge >= 0.3 is 5.97 Å². The average Bonchev–Trinajstić information content (AvgIpc) is 3.10. The standard InChI is InChI=1S/C16H12N2O5S2/c1-23-16(20)15-13(8-9-24-15)25(21,22)18-14(19)7-6-11-4-2-3-5-12(11)10-17/h2-9H,1H3,(H,18,19)/b7-6+. The summed E-state index contributed by atoms with van der Waals surface area (Å²) in [6.07, 6.45) is 2.33.